The molecule has 2 N–H and O–H groups in total. The monoisotopic (exact) mass is 414 g/mol. The lowest BCUT2D eigenvalue weighted by Crippen LogP contribution is -2.60. The molecule has 4 saturated carbocycles. The van der Waals surface area contributed by atoms with Crippen LogP contribution in [0.4, 0.5) is 0 Å². The number of aryl methyl sites for hydroxylation is 2. The maximum Gasteiger partial charge on any atom is 0.269 e. The van der Waals surface area contributed by atoms with Gasteiger partial charge in [-0.2, -0.15) is 0 Å². The lowest BCUT2D eigenvalue weighted by Gasteiger charge is -2.59. The molecule has 2 amide bonds. The van der Waals surface area contributed by atoms with Gasteiger partial charge in [-0.05, 0) is 82.4 Å². The summed E-state index contributed by atoms with van der Waals surface area (Å²) in [6, 6.07) is 5.45. The van der Waals surface area contributed by atoms with Gasteiger partial charge in [-0.3, -0.25) is 20.4 Å². The fraction of sp³-hybridized carbons (Fsp3) is 0.591. The molecule has 0 saturated heterocycles. The fourth-order valence-corrected chi connectivity index (χ4v) is 7.22. The fourth-order valence-electron chi connectivity index (χ4n) is 6.53. The van der Waals surface area contributed by atoms with Crippen LogP contribution in [0, 0.1) is 24.2 Å². The minimum Gasteiger partial charge on any atom is -0.329 e. The van der Waals surface area contributed by atoms with E-state index < -0.39 is 5.41 Å². The number of imidazole rings is 1. The molecule has 1 aromatic heterocycles. The zero-order chi connectivity index (χ0) is 20.4. The molecule has 4 aliphatic rings. The lowest BCUT2D eigenvalue weighted by molar-refractivity contribution is -0.145. The minimum atomic E-state index is -0.430. The molecule has 6 rings (SSSR count). The van der Waals surface area contributed by atoms with Crippen molar-refractivity contribution >= 4 is 34.4 Å². The van der Waals surface area contributed by atoms with Crippen LogP contribution in [0.25, 0.3) is 11.0 Å². The van der Waals surface area contributed by atoms with E-state index in [1.165, 1.54) is 6.42 Å². The third-order valence-corrected chi connectivity index (χ3v) is 7.72. The number of carbonyl (C=O) groups excluding carboxylic acids is 2. The van der Waals surface area contributed by atoms with Crippen molar-refractivity contribution in [3.63, 3.8) is 0 Å². The first kappa shape index (κ1) is 18.9. The van der Waals surface area contributed by atoms with Crippen molar-refractivity contribution in [3.05, 3.63) is 29.6 Å². The van der Waals surface area contributed by atoms with Crippen LogP contribution in [-0.4, -0.2) is 26.2 Å². The zero-order valence-electron chi connectivity index (χ0n) is 16.9. The van der Waals surface area contributed by atoms with E-state index in [0.29, 0.717) is 17.4 Å². The Balaban J connectivity index is 1.30. The van der Waals surface area contributed by atoms with E-state index in [-0.39, 0.29) is 16.7 Å². The molecule has 7 heteroatoms. The molecule has 4 aliphatic carbocycles. The molecule has 0 spiro atoms. The Morgan fingerprint density at radius 2 is 1.93 bits per heavy atom. The first-order chi connectivity index (χ1) is 13.8. The van der Waals surface area contributed by atoms with Crippen LogP contribution in [0.2, 0.25) is 0 Å². The molecule has 2 atom stereocenters. The number of carbonyl (C=O) groups is 2. The van der Waals surface area contributed by atoms with Crippen molar-refractivity contribution in [2.75, 3.05) is 0 Å². The zero-order valence-corrected chi connectivity index (χ0v) is 17.7. The van der Waals surface area contributed by atoms with Crippen molar-refractivity contribution in [1.29, 1.82) is 0 Å². The Labute approximate surface area is 175 Å². The molecule has 0 aliphatic heterocycles. The molecule has 6 nitrogen and oxygen atoms in total. The van der Waals surface area contributed by atoms with Crippen LogP contribution < -0.4 is 10.9 Å². The number of hydrazine groups is 1. The Morgan fingerprint density at radius 3 is 2.59 bits per heavy atom. The number of nitrogens with one attached hydrogen (secondary N) is 2. The van der Waals surface area contributed by atoms with Crippen molar-refractivity contribution in [3.8, 4) is 0 Å². The number of amides is 2. The smallest absolute Gasteiger partial charge is 0.269 e. The number of nitrogens with zero attached hydrogens (tertiary/aromatic N) is 2. The summed E-state index contributed by atoms with van der Waals surface area (Å²) in [4.78, 5) is 30.0. The van der Waals surface area contributed by atoms with E-state index in [0.717, 1.165) is 55.5 Å². The first-order valence-corrected chi connectivity index (χ1v) is 11.0. The second-order valence-electron chi connectivity index (χ2n) is 9.41. The second-order valence-corrected chi connectivity index (χ2v) is 10.2. The van der Waals surface area contributed by atoms with E-state index >= 15 is 0 Å². The predicted octanol–water partition coefficient (Wildman–Crippen LogP) is 3.70. The van der Waals surface area contributed by atoms with Crippen LogP contribution in [-0.2, 0) is 11.3 Å². The Kier molecular flexibility index (Phi) is 4.21. The summed E-state index contributed by atoms with van der Waals surface area (Å²) in [6.07, 6.45) is 5.74. The summed E-state index contributed by atoms with van der Waals surface area (Å²) < 4.78 is 2.10. The molecule has 1 aromatic carbocycles. The molecule has 1 heterocycles. The number of halogens is 1. The van der Waals surface area contributed by atoms with Crippen molar-refractivity contribution in [1.82, 2.24) is 20.4 Å². The average Bonchev–Trinajstić information content (AvgIpc) is 2.97. The Morgan fingerprint density at radius 1 is 1.21 bits per heavy atom. The van der Waals surface area contributed by atoms with Crippen LogP contribution in [0.3, 0.4) is 0 Å². The molecule has 4 fully saturated rings. The molecule has 154 valence electrons. The van der Waals surface area contributed by atoms with E-state index in [4.69, 9.17) is 11.6 Å². The number of benzene rings is 1. The SMILES string of the molecule is CCn1c(C)nc2cc(C(=O)NNC(=O)C34C[C@H]5C[C@@H](CC(Cl)(C5)C3)C4)ccc21. The van der Waals surface area contributed by atoms with Crippen molar-refractivity contribution < 1.29 is 9.59 Å². The molecular weight excluding hydrogens is 388 g/mol. The molecule has 29 heavy (non-hydrogen) atoms. The predicted molar refractivity (Wildman–Crippen MR) is 111 cm³/mol. The first-order valence-electron chi connectivity index (χ1n) is 10.6. The summed E-state index contributed by atoms with van der Waals surface area (Å²) in [7, 11) is 0. The highest BCUT2D eigenvalue weighted by atomic mass is 35.5. The average molecular weight is 415 g/mol. The number of alkyl halides is 1. The maximum absolute atomic E-state index is 13.1. The molecule has 4 bridgehead atoms. The standard InChI is InChI=1S/C22H27ClN4O2/c1-3-27-13(2)24-17-7-16(4-5-18(17)27)19(28)25-26-20(29)21-8-14-6-15(9-21)11-22(23,10-14)12-21/h4-5,7,14-15H,3,6,8-12H2,1-2H3,(H,25,28)(H,26,29)/t14-,15-,21?,22?/m1/s1. The quantitative estimate of drug-likeness (QED) is 0.593. The van der Waals surface area contributed by atoms with Gasteiger partial charge in [0.2, 0.25) is 5.91 Å². The highest BCUT2D eigenvalue weighted by Gasteiger charge is 2.60. The lowest BCUT2D eigenvalue weighted by atomic mass is 9.49. The number of hydrogen-bond donors (Lipinski definition) is 2. The van der Waals surface area contributed by atoms with E-state index in [2.05, 4.69) is 27.3 Å². The van der Waals surface area contributed by atoms with E-state index in [9.17, 15) is 9.59 Å². The van der Waals surface area contributed by atoms with Crippen molar-refractivity contribution in [2.45, 2.75) is 63.8 Å². The van der Waals surface area contributed by atoms with Gasteiger partial charge in [0, 0.05) is 17.0 Å². The van der Waals surface area contributed by atoms with Gasteiger partial charge in [-0.15, -0.1) is 11.6 Å². The maximum atomic E-state index is 13.1. The van der Waals surface area contributed by atoms with Gasteiger partial charge in [-0.25, -0.2) is 4.98 Å². The van der Waals surface area contributed by atoms with Gasteiger partial charge < -0.3 is 4.57 Å². The number of aromatic nitrogens is 2. The summed E-state index contributed by atoms with van der Waals surface area (Å²) in [5.74, 6) is 1.58. The van der Waals surface area contributed by atoms with Crippen LogP contribution >= 0.6 is 11.6 Å². The van der Waals surface area contributed by atoms with Gasteiger partial charge in [0.25, 0.3) is 5.91 Å². The normalized spacial score (nSPS) is 32.5. The third kappa shape index (κ3) is 3.03. The number of rotatable bonds is 3. The highest BCUT2D eigenvalue weighted by Crippen LogP contribution is 2.63. The second kappa shape index (κ2) is 6.46. The van der Waals surface area contributed by atoms with Gasteiger partial charge >= 0.3 is 0 Å². The van der Waals surface area contributed by atoms with Gasteiger partial charge in [0.15, 0.2) is 0 Å². The summed E-state index contributed by atoms with van der Waals surface area (Å²) in [6.45, 7) is 4.86. The van der Waals surface area contributed by atoms with E-state index in [1.807, 2.05) is 13.0 Å². The van der Waals surface area contributed by atoms with Gasteiger partial charge in [-0.1, -0.05) is 0 Å². The molecule has 0 unspecified atom stereocenters. The molecule has 0 radical (unpaired) electrons. The van der Waals surface area contributed by atoms with Crippen LogP contribution in [0.15, 0.2) is 18.2 Å². The molecule has 2 aromatic rings. The number of hydrogen-bond acceptors (Lipinski definition) is 3. The van der Waals surface area contributed by atoms with E-state index in [1.54, 1.807) is 12.1 Å². The van der Waals surface area contributed by atoms with Gasteiger partial charge in [0.1, 0.15) is 5.82 Å². The van der Waals surface area contributed by atoms with Crippen molar-refractivity contribution in [2.24, 2.45) is 17.3 Å². The van der Waals surface area contributed by atoms with Crippen LogP contribution in [0.5, 0.6) is 0 Å². The number of fused-ring (bicyclic) bond motifs is 1. The Bertz CT molecular complexity index is 1000. The highest BCUT2D eigenvalue weighted by molar-refractivity contribution is 6.24. The van der Waals surface area contributed by atoms with Gasteiger partial charge in [0.05, 0.1) is 16.4 Å². The Hall–Kier alpha value is -2.08. The minimum absolute atomic E-state index is 0.0860. The largest absolute Gasteiger partial charge is 0.329 e. The summed E-state index contributed by atoms with van der Waals surface area (Å²) in [5.41, 5.74) is 7.17. The topological polar surface area (TPSA) is 76.0 Å². The third-order valence-electron chi connectivity index (χ3n) is 7.28. The summed E-state index contributed by atoms with van der Waals surface area (Å²) >= 11 is 6.83. The van der Waals surface area contributed by atoms with Crippen LogP contribution in [0.1, 0.15) is 61.6 Å². The summed E-state index contributed by atoms with van der Waals surface area (Å²) in [5, 5.41) is 0. The molecular formula is C22H27ClN4O2.